The molecule has 0 radical (unpaired) electrons. The van der Waals surface area contributed by atoms with Crippen molar-refractivity contribution in [2.24, 2.45) is 0 Å². The van der Waals surface area contributed by atoms with E-state index in [1.165, 1.54) is 24.0 Å². The number of para-hydroxylation sites is 1. The SMILES string of the molecule is CONC(=O)c1cc2c(nc(CN3CCC(c4cccc5c4O[C@@](C)(c4ccc(Cl)cn4)O5)CC3)n2C[C@@H]2CCO2)s1. The molecule has 2 atom stereocenters. The van der Waals surface area contributed by atoms with Crippen LogP contribution in [0.4, 0.5) is 0 Å². The summed E-state index contributed by atoms with van der Waals surface area (Å²) in [5, 5.41) is 0.572. The zero-order chi connectivity index (χ0) is 28.8. The van der Waals surface area contributed by atoms with Crippen molar-refractivity contribution in [1.82, 2.24) is 24.9 Å². The van der Waals surface area contributed by atoms with Crippen LogP contribution in [0.1, 0.15) is 58.9 Å². The van der Waals surface area contributed by atoms with Gasteiger partial charge in [-0.2, -0.15) is 0 Å². The summed E-state index contributed by atoms with van der Waals surface area (Å²) in [6.07, 6.45) is 4.82. The number of hydroxylamine groups is 1. The van der Waals surface area contributed by atoms with Gasteiger partial charge in [0.1, 0.15) is 16.3 Å². The first-order valence-corrected chi connectivity index (χ1v) is 15.4. The molecule has 1 N–H and O–H groups in total. The number of rotatable bonds is 8. The molecule has 6 heterocycles. The molecule has 3 aliphatic rings. The van der Waals surface area contributed by atoms with Crippen LogP contribution in [0, 0.1) is 0 Å². The van der Waals surface area contributed by atoms with Crippen molar-refractivity contribution in [1.29, 1.82) is 0 Å². The highest BCUT2D eigenvalue weighted by Crippen LogP contribution is 2.49. The molecule has 0 saturated carbocycles. The van der Waals surface area contributed by atoms with E-state index in [4.69, 9.17) is 35.6 Å². The summed E-state index contributed by atoms with van der Waals surface area (Å²) in [6.45, 7) is 6.04. The van der Waals surface area contributed by atoms with E-state index in [9.17, 15) is 4.79 Å². The molecule has 4 aromatic rings. The van der Waals surface area contributed by atoms with E-state index >= 15 is 0 Å². The van der Waals surface area contributed by atoms with Gasteiger partial charge in [0.25, 0.3) is 11.7 Å². The Labute approximate surface area is 252 Å². The van der Waals surface area contributed by atoms with Gasteiger partial charge in [0.15, 0.2) is 11.5 Å². The number of carbonyl (C=O) groups excluding carboxylic acids is 1. The Hall–Kier alpha value is -3.22. The standard InChI is InChI=1S/C30H32ClN5O5S/c1-30(25-7-6-19(31)15-32-25)40-23-5-3-4-21(27(23)41-30)18-8-11-35(12-9-18)17-26-33-29-22(36(26)16-20-10-13-39-20)14-24(42-29)28(37)34-38-2/h3-7,14-15,18,20H,8-13,16-17H2,1-2H3,(H,34,37)/t20-,30-/m0/s1. The average molecular weight is 610 g/mol. The number of halogens is 1. The molecule has 3 aromatic heterocycles. The lowest BCUT2D eigenvalue weighted by Gasteiger charge is -2.33. The highest BCUT2D eigenvalue weighted by molar-refractivity contribution is 7.20. The third kappa shape index (κ3) is 5.13. The molecular formula is C30H32ClN5O5S. The molecule has 0 bridgehead atoms. The molecule has 0 spiro atoms. The minimum atomic E-state index is -0.998. The molecular weight excluding hydrogens is 578 g/mol. The fourth-order valence-electron chi connectivity index (χ4n) is 5.99. The zero-order valence-corrected chi connectivity index (χ0v) is 25.0. The highest BCUT2D eigenvalue weighted by atomic mass is 35.5. The Morgan fingerprint density at radius 1 is 1.21 bits per heavy atom. The number of aromatic nitrogens is 3. The summed E-state index contributed by atoms with van der Waals surface area (Å²) >= 11 is 7.43. The Morgan fingerprint density at radius 2 is 2.05 bits per heavy atom. The molecule has 3 aliphatic heterocycles. The normalized spacial score (nSPS) is 22.4. The van der Waals surface area contributed by atoms with Crippen molar-refractivity contribution in [3.8, 4) is 11.5 Å². The van der Waals surface area contributed by atoms with Gasteiger partial charge < -0.3 is 18.8 Å². The van der Waals surface area contributed by atoms with E-state index in [1.807, 2.05) is 31.2 Å². The Kier molecular flexibility index (Phi) is 7.31. The summed E-state index contributed by atoms with van der Waals surface area (Å²) in [5.74, 6) is 1.65. The van der Waals surface area contributed by atoms with Crippen molar-refractivity contribution in [2.45, 2.75) is 57.1 Å². The number of benzene rings is 1. The van der Waals surface area contributed by atoms with Crippen molar-refractivity contribution in [2.75, 3.05) is 26.8 Å². The first-order valence-electron chi connectivity index (χ1n) is 14.2. The van der Waals surface area contributed by atoms with E-state index in [0.29, 0.717) is 21.5 Å². The maximum Gasteiger partial charge on any atom is 0.292 e. The van der Waals surface area contributed by atoms with Crippen LogP contribution in [-0.4, -0.2) is 58.3 Å². The quantitative estimate of drug-likeness (QED) is 0.271. The average Bonchev–Trinajstić information content (AvgIpc) is 3.62. The molecule has 42 heavy (non-hydrogen) atoms. The number of piperidine rings is 1. The number of carbonyl (C=O) groups is 1. The van der Waals surface area contributed by atoms with E-state index in [1.54, 1.807) is 12.3 Å². The maximum atomic E-state index is 12.3. The number of hydrogen-bond acceptors (Lipinski definition) is 9. The van der Waals surface area contributed by atoms with E-state index in [-0.39, 0.29) is 12.0 Å². The molecule has 0 aliphatic carbocycles. The number of nitrogens with one attached hydrogen (secondary N) is 1. The number of imidazole rings is 1. The molecule has 7 rings (SSSR count). The number of amides is 1. The molecule has 1 aromatic carbocycles. The number of hydrogen-bond donors (Lipinski definition) is 1. The minimum absolute atomic E-state index is 0.180. The highest BCUT2D eigenvalue weighted by Gasteiger charge is 2.42. The smallest absolute Gasteiger partial charge is 0.292 e. The fourth-order valence-corrected chi connectivity index (χ4v) is 7.04. The zero-order valence-electron chi connectivity index (χ0n) is 23.5. The molecule has 2 saturated heterocycles. The van der Waals surface area contributed by atoms with Gasteiger partial charge in [-0.15, -0.1) is 11.3 Å². The molecule has 1 amide bonds. The van der Waals surface area contributed by atoms with Gasteiger partial charge in [-0.1, -0.05) is 23.7 Å². The van der Waals surface area contributed by atoms with Crippen molar-refractivity contribution >= 4 is 39.2 Å². The number of nitrogens with zero attached hydrogens (tertiary/aromatic N) is 4. The topological polar surface area (TPSA) is 100.0 Å². The molecule has 12 heteroatoms. The molecule has 10 nitrogen and oxygen atoms in total. The van der Waals surface area contributed by atoms with Gasteiger partial charge in [-0.25, -0.2) is 10.5 Å². The number of thiophene rings is 1. The first-order chi connectivity index (χ1) is 20.4. The van der Waals surface area contributed by atoms with Crippen molar-refractivity contribution < 1.29 is 23.8 Å². The van der Waals surface area contributed by atoms with Crippen LogP contribution in [0.5, 0.6) is 11.5 Å². The van der Waals surface area contributed by atoms with Crippen molar-refractivity contribution in [3.63, 3.8) is 0 Å². The lowest BCUT2D eigenvalue weighted by Crippen LogP contribution is -2.35. The van der Waals surface area contributed by atoms with Gasteiger partial charge in [0.05, 0.1) is 41.7 Å². The molecule has 2 fully saturated rings. The van der Waals surface area contributed by atoms with Crippen LogP contribution in [0.15, 0.2) is 42.6 Å². The second-order valence-corrected chi connectivity index (χ2v) is 12.6. The lowest BCUT2D eigenvalue weighted by molar-refractivity contribution is -0.0722. The summed E-state index contributed by atoms with van der Waals surface area (Å²) < 4.78 is 20.7. The lowest BCUT2D eigenvalue weighted by atomic mass is 9.88. The van der Waals surface area contributed by atoms with E-state index in [2.05, 4.69) is 26.0 Å². The fraction of sp³-hybridized carbons (Fsp3) is 0.433. The van der Waals surface area contributed by atoms with Crippen LogP contribution in [0.2, 0.25) is 5.02 Å². The Morgan fingerprint density at radius 3 is 2.76 bits per heavy atom. The van der Waals surface area contributed by atoms with Gasteiger partial charge in [-0.3, -0.25) is 19.5 Å². The monoisotopic (exact) mass is 609 g/mol. The van der Waals surface area contributed by atoms with Crippen LogP contribution < -0.4 is 15.0 Å². The van der Waals surface area contributed by atoms with Crippen LogP contribution >= 0.6 is 22.9 Å². The molecule has 220 valence electrons. The number of pyridine rings is 1. The summed E-state index contributed by atoms with van der Waals surface area (Å²) in [4.78, 5) is 30.4. The van der Waals surface area contributed by atoms with Gasteiger partial charge in [0, 0.05) is 25.3 Å². The van der Waals surface area contributed by atoms with E-state index in [0.717, 1.165) is 79.7 Å². The van der Waals surface area contributed by atoms with Crippen LogP contribution in [0.25, 0.3) is 10.3 Å². The Balaban J connectivity index is 1.05. The third-order valence-electron chi connectivity index (χ3n) is 8.32. The second-order valence-electron chi connectivity index (χ2n) is 11.1. The predicted octanol–water partition coefficient (Wildman–Crippen LogP) is 5.25. The van der Waals surface area contributed by atoms with Gasteiger partial charge >= 0.3 is 0 Å². The predicted molar refractivity (Wildman–Crippen MR) is 158 cm³/mol. The third-order valence-corrected chi connectivity index (χ3v) is 9.56. The summed E-state index contributed by atoms with van der Waals surface area (Å²) in [5.41, 5.74) is 5.22. The minimum Gasteiger partial charge on any atom is -0.443 e. The van der Waals surface area contributed by atoms with Crippen molar-refractivity contribution in [3.05, 3.63) is 69.6 Å². The van der Waals surface area contributed by atoms with E-state index < -0.39 is 5.79 Å². The Bertz CT molecular complexity index is 1610. The number of ether oxygens (including phenoxy) is 3. The first kappa shape index (κ1) is 27.6. The van der Waals surface area contributed by atoms with Gasteiger partial charge in [0.2, 0.25) is 0 Å². The van der Waals surface area contributed by atoms with Crippen LogP contribution in [0.3, 0.4) is 0 Å². The van der Waals surface area contributed by atoms with Crippen LogP contribution in [-0.2, 0) is 28.5 Å². The number of fused-ring (bicyclic) bond motifs is 2. The maximum absolute atomic E-state index is 12.3. The largest absolute Gasteiger partial charge is 0.443 e. The molecule has 0 unspecified atom stereocenters. The summed E-state index contributed by atoms with van der Waals surface area (Å²) in [6, 6.07) is 11.7. The summed E-state index contributed by atoms with van der Waals surface area (Å²) in [7, 11) is 1.43. The number of likely N-dealkylation sites (tertiary alicyclic amines) is 1. The van der Waals surface area contributed by atoms with Gasteiger partial charge in [-0.05, 0) is 62.5 Å². The second kappa shape index (κ2) is 11.1.